The van der Waals surface area contributed by atoms with Gasteiger partial charge in [0.15, 0.2) is 0 Å². The summed E-state index contributed by atoms with van der Waals surface area (Å²) < 4.78 is 0. The Morgan fingerprint density at radius 3 is 2.22 bits per heavy atom. The van der Waals surface area contributed by atoms with Crippen molar-refractivity contribution >= 4 is 27.8 Å². The Bertz CT molecular complexity index is 872. The number of benzene rings is 2. The predicted molar refractivity (Wildman–Crippen MR) is 119 cm³/mol. The third-order valence-electron chi connectivity index (χ3n) is 5.03. The quantitative estimate of drug-likeness (QED) is 0.330. The van der Waals surface area contributed by atoms with Crippen LogP contribution in [0.5, 0.6) is 0 Å². The molecule has 0 nitrogen and oxygen atoms in total. The molecule has 0 unspecified atom stereocenters. The van der Waals surface area contributed by atoms with Gasteiger partial charge in [0.1, 0.15) is 0 Å². The van der Waals surface area contributed by atoms with E-state index in [1.807, 2.05) is 0 Å². The molecule has 3 aromatic rings. The molecule has 3 heteroatoms. The molecule has 0 aliphatic carbocycles. The summed E-state index contributed by atoms with van der Waals surface area (Å²) in [6, 6.07) is 18.4. The van der Waals surface area contributed by atoms with Crippen LogP contribution in [0.3, 0.4) is 0 Å². The van der Waals surface area contributed by atoms with E-state index < -0.39 is 20.8 Å². The van der Waals surface area contributed by atoms with E-state index in [-0.39, 0.29) is 5.41 Å². The van der Waals surface area contributed by atoms with Crippen LogP contribution in [0.15, 0.2) is 48.5 Å². The number of halogens is 2. The molecule has 144 valence electrons. The van der Waals surface area contributed by atoms with Crippen molar-refractivity contribution in [1.82, 2.24) is 0 Å². The van der Waals surface area contributed by atoms with E-state index >= 15 is 0 Å². The van der Waals surface area contributed by atoms with Gasteiger partial charge in [0.2, 0.25) is 0 Å². The zero-order chi connectivity index (χ0) is 20.0. The molecule has 0 saturated carbocycles. The second-order valence-electron chi connectivity index (χ2n) is 7.93. The van der Waals surface area contributed by atoms with Gasteiger partial charge < -0.3 is 0 Å². The fraction of sp³-hybridized carbons (Fsp3) is 0.375. The zero-order valence-corrected chi connectivity index (χ0v) is 21.0. The molecule has 0 aliphatic heterocycles. The second kappa shape index (κ2) is 10.3. The summed E-state index contributed by atoms with van der Waals surface area (Å²) in [6.07, 6.45) is 3.39. The molecule has 0 saturated heterocycles. The molecule has 0 aromatic heterocycles. The monoisotopic (exact) mass is 477 g/mol. The first kappa shape index (κ1) is 22.8. The second-order valence-corrected chi connectivity index (χ2v) is 11.7. The van der Waals surface area contributed by atoms with Gasteiger partial charge in [-0.05, 0) is 29.4 Å². The van der Waals surface area contributed by atoms with Crippen molar-refractivity contribution in [2.24, 2.45) is 0 Å². The normalized spacial score (nSPS) is 11.2. The molecule has 0 aliphatic rings. The standard InChI is InChI=1S/C24H29.2ClH.Zr/c1-6-10-18-13-14-19-15-20(24(3,4)5)16-22(19)23(18)21-12-9-8-11-17(21)7-2;;;/h8-9,11-16H,6-7,10H2,1-5H3;2*1H;/q-1;;;+2/p-2. The van der Waals surface area contributed by atoms with Gasteiger partial charge in [-0.25, -0.2) is 0 Å². The zero-order valence-electron chi connectivity index (χ0n) is 17.0. The van der Waals surface area contributed by atoms with E-state index in [1.165, 1.54) is 45.0 Å². The molecule has 3 rings (SSSR count). The Kier molecular flexibility index (Phi) is 8.73. The van der Waals surface area contributed by atoms with E-state index in [0.717, 1.165) is 12.8 Å². The minimum atomic E-state index is -0.826. The van der Waals surface area contributed by atoms with Crippen molar-refractivity contribution in [3.63, 3.8) is 0 Å². The molecule has 27 heavy (non-hydrogen) atoms. The number of rotatable bonds is 4. The summed E-state index contributed by atoms with van der Waals surface area (Å²) >= 11 is -0.826. The van der Waals surface area contributed by atoms with Gasteiger partial charge in [-0.1, -0.05) is 76.4 Å². The SMILES string of the molecule is CCCc1ccc2[cH-]c(C(C)(C)C)cc2c1-c1ccccc1CC.[Cl][Zr][Cl]. The Labute approximate surface area is 183 Å². The molecule has 0 bridgehead atoms. The molecule has 0 spiro atoms. The van der Waals surface area contributed by atoms with Crippen molar-refractivity contribution in [2.75, 3.05) is 0 Å². The summed E-state index contributed by atoms with van der Waals surface area (Å²) in [7, 11) is 9.87. The summed E-state index contributed by atoms with van der Waals surface area (Å²) in [4.78, 5) is 0. The summed E-state index contributed by atoms with van der Waals surface area (Å²) in [6.45, 7) is 11.4. The van der Waals surface area contributed by atoms with E-state index in [2.05, 4.69) is 83.1 Å². The van der Waals surface area contributed by atoms with E-state index in [1.54, 1.807) is 0 Å². The third kappa shape index (κ3) is 5.53. The molecule has 0 amide bonds. The summed E-state index contributed by atoms with van der Waals surface area (Å²) in [5.41, 5.74) is 7.42. The van der Waals surface area contributed by atoms with Gasteiger partial charge in [0, 0.05) is 0 Å². The predicted octanol–water partition coefficient (Wildman–Crippen LogP) is 8.41. The Morgan fingerprint density at radius 2 is 1.63 bits per heavy atom. The van der Waals surface area contributed by atoms with Gasteiger partial charge in [0.05, 0.1) is 0 Å². The van der Waals surface area contributed by atoms with Crippen LogP contribution < -0.4 is 0 Å². The molecular formula is C24H29Cl2Zr-. The third-order valence-corrected chi connectivity index (χ3v) is 5.03. The number of hydrogen-bond donors (Lipinski definition) is 0. The summed E-state index contributed by atoms with van der Waals surface area (Å²) in [5, 5.41) is 2.80. The maximum atomic E-state index is 4.93. The van der Waals surface area contributed by atoms with Crippen LogP contribution in [0.2, 0.25) is 0 Å². The van der Waals surface area contributed by atoms with Crippen molar-refractivity contribution < 1.29 is 20.8 Å². The van der Waals surface area contributed by atoms with Crippen LogP contribution in [0.4, 0.5) is 0 Å². The molecule has 0 heterocycles. The van der Waals surface area contributed by atoms with E-state index in [0.29, 0.717) is 0 Å². The molecule has 0 radical (unpaired) electrons. The first-order valence-electron chi connectivity index (χ1n) is 9.64. The molecular weight excluding hydrogens is 450 g/mol. The van der Waals surface area contributed by atoms with Crippen LogP contribution in [-0.2, 0) is 39.1 Å². The van der Waals surface area contributed by atoms with Crippen LogP contribution in [-0.4, -0.2) is 0 Å². The van der Waals surface area contributed by atoms with Gasteiger partial charge in [-0.3, -0.25) is 0 Å². The molecule has 0 fully saturated rings. The van der Waals surface area contributed by atoms with Crippen molar-refractivity contribution in [2.45, 2.75) is 59.3 Å². The van der Waals surface area contributed by atoms with Crippen LogP contribution in [0.1, 0.15) is 57.7 Å². The first-order chi connectivity index (χ1) is 12.9. The van der Waals surface area contributed by atoms with Crippen molar-refractivity contribution in [1.29, 1.82) is 0 Å². The molecule has 0 atom stereocenters. The minimum absolute atomic E-state index is 0.186. The molecule has 3 aromatic carbocycles. The maximum absolute atomic E-state index is 4.93. The van der Waals surface area contributed by atoms with Gasteiger partial charge in [-0.15, -0.1) is 34.5 Å². The van der Waals surface area contributed by atoms with Crippen molar-refractivity contribution in [3.05, 3.63) is 65.2 Å². The molecule has 0 N–H and O–H groups in total. The van der Waals surface area contributed by atoms with Crippen molar-refractivity contribution in [3.8, 4) is 11.1 Å². The van der Waals surface area contributed by atoms with Gasteiger partial charge in [0.25, 0.3) is 0 Å². The van der Waals surface area contributed by atoms with E-state index in [9.17, 15) is 0 Å². The van der Waals surface area contributed by atoms with Gasteiger partial charge >= 0.3 is 37.9 Å². The average Bonchev–Trinajstić information content (AvgIpc) is 3.07. The topological polar surface area (TPSA) is 0 Å². The Morgan fingerprint density at radius 1 is 0.963 bits per heavy atom. The van der Waals surface area contributed by atoms with Crippen LogP contribution in [0.25, 0.3) is 21.9 Å². The van der Waals surface area contributed by atoms with E-state index in [4.69, 9.17) is 17.0 Å². The van der Waals surface area contributed by atoms with Crippen LogP contribution >= 0.6 is 17.0 Å². The Balaban J connectivity index is 0.000000817. The Hall–Kier alpha value is -0.487. The van der Waals surface area contributed by atoms with Crippen LogP contribution in [0, 0.1) is 0 Å². The summed E-state index contributed by atoms with van der Waals surface area (Å²) in [5.74, 6) is 0. The number of aryl methyl sites for hydroxylation is 2. The number of fused-ring (bicyclic) bond motifs is 1. The van der Waals surface area contributed by atoms with Gasteiger partial charge in [-0.2, -0.15) is 6.07 Å². The fourth-order valence-corrected chi connectivity index (χ4v) is 3.63. The fourth-order valence-electron chi connectivity index (χ4n) is 3.63. The average molecular weight is 480 g/mol. The first-order valence-corrected chi connectivity index (χ1v) is 16.0. The number of hydrogen-bond acceptors (Lipinski definition) is 0.